The molecule has 0 aliphatic carbocycles. The van der Waals surface area contributed by atoms with Crippen molar-refractivity contribution in [2.75, 3.05) is 20.6 Å². The lowest BCUT2D eigenvalue weighted by Crippen LogP contribution is -2.42. The molecule has 1 aromatic rings. The first-order chi connectivity index (χ1) is 13.6. The maximum absolute atomic E-state index is 12.1. The van der Waals surface area contributed by atoms with Crippen LogP contribution in [0.25, 0.3) is 0 Å². The van der Waals surface area contributed by atoms with E-state index in [1.165, 1.54) is 0 Å². The Bertz CT molecular complexity index is 653. The zero-order valence-corrected chi connectivity index (χ0v) is 22.1. The monoisotopic (exact) mass is 537 g/mol. The van der Waals surface area contributed by atoms with Crippen LogP contribution in [0, 0.1) is 0 Å². The van der Waals surface area contributed by atoms with Crippen LogP contribution >= 0.6 is 24.0 Å². The Balaban J connectivity index is 0.00000841. The van der Waals surface area contributed by atoms with Crippen molar-refractivity contribution in [3.8, 4) is 0 Å². The average Bonchev–Trinajstić information content (AvgIpc) is 3.12. The molecule has 0 fully saturated rings. The molecule has 0 saturated carbocycles. The first-order valence-electron chi connectivity index (χ1n) is 10.5. The van der Waals surface area contributed by atoms with E-state index in [0.717, 1.165) is 30.7 Å². The molecule has 8 nitrogen and oxygen atoms in total. The molecule has 1 rings (SSSR count). The molecule has 0 aromatic carbocycles. The second-order valence-corrected chi connectivity index (χ2v) is 8.31. The number of guanidine groups is 1. The summed E-state index contributed by atoms with van der Waals surface area (Å²) < 4.78 is 10.8. The van der Waals surface area contributed by atoms with Crippen LogP contribution < -0.4 is 10.6 Å². The van der Waals surface area contributed by atoms with Gasteiger partial charge in [0.2, 0.25) is 0 Å². The van der Waals surface area contributed by atoms with Crippen LogP contribution in [0.15, 0.2) is 15.6 Å². The number of carbonyl (C=O) groups excluding carboxylic acids is 1. The Morgan fingerprint density at radius 2 is 1.93 bits per heavy atom. The third kappa shape index (κ3) is 9.99. The smallest absolute Gasteiger partial charge is 0.410 e. The number of nitrogens with zero attached hydrogens (tertiary/aromatic N) is 3. The minimum Gasteiger partial charge on any atom is -0.444 e. The van der Waals surface area contributed by atoms with E-state index < -0.39 is 5.60 Å². The van der Waals surface area contributed by atoms with E-state index in [1.54, 1.807) is 19.0 Å². The van der Waals surface area contributed by atoms with Gasteiger partial charge in [0.25, 0.3) is 0 Å². The fraction of sp³-hybridized carbons (Fsp3) is 0.762. The van der Waals surface area contributed by atoms with Crippen LogP contribution in [0.2, 0.25) is 0 Å². The van der Waals surface area contributed by atoms with Crippen LogP contribution in [0.1, 0.15) is 78.2 Å². The van der Waals surface area contributed by atoms with Crippen LogP contribution in [0.4, 0.5) is 4.79 Å². The van der Waals surface area contributed by atoms with Crippen LogP contribution in [-0.4, -0.2) is 54.4 Å². The summed E-state index contributed by atoms with van der Waals surface area (Å²) >= 11 is 0. The van der Waals surface area contributed by atoms with Crippen LogP contribution in [0.3, 0.4) is 0 Å². The number of rotatable bonds is 9. The molecule has 30 heavy (non-hydrogen) atoms. The van der Waals surface area contributed by atoms with Gasteiger partial charge in [0.1, 0.15) is 5.60 Å². The maximum Gasteiger partial charge on any atom is 0.410 e. The van der Waals surface area contributed by atoms with Crippen molar-refractivity contribution < 1.29 is 14.1 Å². The molecule has 1 aromatic heterocycles. The zero-order valence-electron chi connectivity index (χ0n) is 19.7. The van der Waals surface area contributed by atoms with Gasteiger partial charge < -0.3 is 24.8 Å². The summed E-state index contributed by atoms with van der Waals surface area (Å²) in [4.78, 5) is 18.0. The molecule has 1 amide bonds. The second kappa shape index (κ2) is 13.7. The van der Waals surface area contributed by atoms with Crippen molar-refractivity contribution >= 4 is 36.0 Å². The molecule has 0 aliphatic rings. The molecular formula is C21H40IN5O3. The third-order valence-electron chi connectivity index (χ3n) is 4.83. The van der Waals surface area contributed by atoms with Gasteiger partial charge in [-0.3, -0.25) is 4.99 Å². The molecule has 9 heteroatoms. The Kier molecular flexibility index (Phi) is 13.0. The number of halogens is 1. The van der Waals surface area contributed by atoms with Crippen molar-refractivity contribution in [1.82, 2.24) is 20.7 Å². The number of amides is 1. The predicted molar refractivity (Wildman–Crippen MR) is 132 cm³/mol. The molecular weight excluding hydrogens is 497 g/mol. The molecule has 0 saturated heterocycles. The van der Waals surface area contributed by atoms with Gasteiger partial charge >= 0.3 is 6.09 Å². The largest absolute Gasteiger partial charge is 0.444 e. The Morgan fingerprint density at radius 3 is 2.47 bits per heavy atom. The first-order valence-corrected chi connectivity index (χ1v) is 10.5. The predicted octanol–water partition coefficient (Wildman–Crippen LogP) is 4.51. The zero-order chi connectivity index (χ0) is 22.0. The van der Waals surface area contributed by atoms with E-state index in [4.69, 9.17) is 9.26 Å². The number of ether oxygens (including phenoxy) is 1. The SMILES string of the molecule is CCC(CC)c1cc(CNC(=NC)NCCC(C)N(C)C(=O)OC(C)(C)C)on1.I. The normalized spacial score (nSPS) is 12.9. The van der Waals surface area contributed by atoms with Gasteiger partial charge in [-0.15, -0.1) is 24.0 Å². The van der Waals surface area contributed by atoms with Crippen molar-refractivity contribution in [2.24, 2.45) is 4.99 Å². The van der Waals surface area contributed by atoms with E-state index in [-0.39, 0.29) is 36.1 Å². The summed E-state index contributed by atoms with van der Waals surface area (Å²) in [6, 6.07) is 2.04. The standard InChI is InChI=1S/C21H39N5O3.HI/c1-9-16(10-2)18-13-17(29-25-18)14-24-19(22-7)23-12-11-15(3)26(8)20(27)28-21(4,5)6;/h13,15-16H,9-12,14H2,1-8H3,(H2,22,23,24);1H. The van der Waals surface area contributed by atoms with E-state index in [1.807, 2.05) is 33.8 Å². The molecule has 0 radical (unpaired) electrons. The number of aliphatic imine (C=N–C) groups is 1. The number of hydrogen-bond donors (Lipinski definition) is 2. The molecule has 1 atom stereocenters. The number of nitrogens with one attached hydrogen (secondary N) is 2. The van der Waals surface area contributed by atoms with E-state index in [9.17, 15) is 4.79 Å². The second-order valence-electron chi connectivity index (χ2n) is 8.31. The Morgan fingerprint density at radius 1 is 1.30 bits per heavy atom. The van der Waals surface area contributed by atoms with Gasteiger partial charge in [-0.1, -0.05) is 19.0 Å². The van der Waals surface area contributed by atoms with Crippen molar-refractivity contribution in [1.29, 1.82) is 0 Å². The molecule has 2 N–H and O–H groups in total. The average molecular weight is 537 g/mol. The van der Waals surface area contributed by atoms with E-state index in [0.29, 0.717) is 25.0 Å². The lowest BCUT2D eigenvalue weighted by atomic mass is 9.99. The first kappa shape index (κ1) is 28.5. The van der Waals surface area contributed by atoms with Crippen molar-refractivity contribution in [2.45, 2.75) is 84.9 Å². The van der Waals surface area contributed by atoms with Gasteiger partial charge in [-0.2, -0.15) is 0 Å². The van der Waals surface area contributed by atoms with Gasteiger partial charge in [-0.25, -0.2) is 4.79 Å². The summed E-state index contributed by atoms with van der Waals surface area (Å²) in [5.41, 5.74) is 0.512. The summed E-state index contributed by atoms with van der Waals surface area (Å²) in [5, 5.41) is 10.7. The quantitative estimate of drug-likeness (QED) is 0.274. The third-order valence-corrected chi connectivity index (χ3v) is 4.83. The molecule has 174 valence electrons. The van der Waals surface area contributed by atoms with E-state index in [2.05, 4.69) is 34.6 Å². The van der Waals surface area contributed by atoms with Crippen LogP contribution in [0.5, 0.6) is 0 Å². The lowest BCUT2D eigenvalue weighted by Gasteiger charge is -2.28. The Labute approximate surface area is 198 Å². The summed E-state index contributed by atoms with van der Waals surface area (Å²) in [6.07, 6.45) is 2.55. The van der Waals surface area contributed by atoms with Crippen molar-refractivity contribution in [3.63, 3.8) is 0 Å². The van der Waals surface area contributed by atoms with Gasteiger partial charge in [-0.05, 0) is 47.0 Å². The maximum atomic E-state index is 12.1. The number of hydrogen-bond acceptors (Lipinski definition) is 5. The molecule has 1 unspecified atom stereocenters. The highest BCUT2D eigenvalue weighted by atomic mass is 127. The Hall–Kier alpha value is -1.52. The topological polar surface area (TPSA) is 92.0 Å². The highest BCUT2D eigenvalue weighted by Gasteiger charge is 2.22. The summed E-state index contributed by atoms with van der Waals surface area (Å²) in [6.45, 7) is 13.1. The van der Waals surface area contributed by atoms with Crippen molar-refractivity contribution in [3.05, 3.63) is 17.5 Å². The van der Waals surface area contributed by atoms with Gasteiger partial charge in [0, 0.05) is 38.7 Å². The lowest BCUT2D eigenvalue weighted by molar-refractivity contribution is 0.0230. The molecule has 1 heterocycles. The summed E-state index contributed by atoms with van der Waals surface area (Å²) in [5.74, 6) is 1.90. The number of carbonyl (C=O) groups is 1. The fourth-order valence-corrected chi connectivity index (χ4v) is 2.81. The molecule has 0 bridgehead atoms. The molecule has 0 spiro atoms. The van der Waals surface area contributed by atoms with Gasteiger partial charge in [0.15, 0.2) is 11.7 Å². The van der Waals surface area contributed by atoms with E-state index >= 15 is 0 Å². The number of aromatic nitrogens is 1. The fourth-order valence-electron chi connectivity index (χ4n) is 2.81. The minimum atomic E-state index is -0.496. The van der Waals surface area contributed by atoms with Gasteiger partial charge in [0.05, 0.1) is 12.2 Å². The highest BCUT2D eigenvalue weighted by Crippen LogP contribution is 2.22. The van der Waals surface area contributed by atoms with Crippen LogP contribution in [-0.2, 0) is 11.3 Å². The molecule has 0 aliphatic heterocycles. The minimum absolute atomic E-state index is 0. The summed E-state index contributed by atoms with van der Waals surface area (Å²) in [7, 11) is 3.48. The highest BCUT2D eigenvalue weighted by molar-refractivity contribution is 14.0.